The summed E-state index contributed by atoms with van der Waals surface area (Å²) in [4.78, 5) is 28.0. The lowest BCUT2D eigenvalue weighted by molar-refractivity contribution is -0.130. The van der Waals surface area contributed by atoms with Gasteiger partial charge in [-0.2, -0.15) is 5.10 Å². The first-order valence-electron chi connectivity index (χ1n) is 14.6. The molecule has 0 saturated heterocycles. The van der Waals surface area contributed by atoms with Crippen LogP contribution in [0, 0.1) is 6.92 Å². The van der Waals surface area contributed by atoms with Gasteiger partial charge < -0.3 is 14.8 Å². The third-order valence-electron chi connectivity index (χ3n) is 7.54. The first kappa shape index (κ1) is 31.1. The van der Waals surface area contributed by atoms with Gasteiger partial charge in [-0.1, -0.05) is 71.9 Å². The van der Waals surface area contributed by atoms with E-state index in [1.54, 1.807) is 52.3 Å². The molecule has 234 valence electrons. The number of methoxy groups -OCH3 is 2. The molecule has 10 nitrogen and oxygen atoms in total. The molecule has 6 rings (SSSR count). The van der Waals surface area contributed by atoms with Gasteiger partial charge in [0.2, 0.25) is 0 Å². The van der Waals surface area contributed by atoms with Crippen molar-refractivity contribution in [2.45, 2.75) is 31.1 Å². The first-order valence-corrected chi connectivity index (χ1v) is 16.4. The minimum absolute atomic E-state index is 0.0738. The number of carbonyl (C=O) groups is 2. The van der Waals surface area contributed by atoms with Gasteiger partial charge in [-0.3, -0.25) is 14.2 Å². The number of para-hydroxylation sites is 3. The van der Waals surface area contributed by atoms with E-state index >= 15 is 0 Å². The Balaban J connectivity index is 1.26. The maximum absolute atomic E-state index is 13.8. The number of thioether (sulfide) groups is 1. The van der Waals surface area contributed by atoms with Gasteiger partial charge in [0.05, 0.1) is 54.4 Å². The fourth-order valence-electron chi connectivity index (χ4n) is 5.22. The number of aryl methyl sites for hydroxylation is 1. The number of carbonyl (C=O) groups excluding carboxylic acids is 2. The number of rotatable bonds is 11. The van der Waals surface area contributed by atoms with Crippen molar-refractivity contribution >= 4 is 40.6 Å². The summed E-state index contributed by atoms with van der Waals surface area (Å²) in [6, 6.07) is 26.5. The Labute approximate surface area is 275 Å². The van der Waals surface area contributed by atoms with Crippen molar-refractivity contribution in [2.75, 3.05) is 20.0 Å². The Morgan fingerprint density at radius 1 is 0.935 bits per heavy atom. The topological polar surface area (TPSA) is 111 Å². The summed E-state index contributed by atoms with van der Waals surface area (Å²) >= 11 is 2.87. The van der Waals surface area contributed by atoms with Crippen molar-refractivity contribution < 1.29 is 19.1 Å². The minimum Gasteiger partial charge on any atom is -0.496 e. The monoisotopic (exact) mass is 652 g/mol. The van der Waals surface area contributed by atoms with Crippen LogP contribution in [0.5, 0.6) is 11.5 Å². The zero-order valence-electron chi connectivity index (χ0n) is 25.5. The molecule has 12 heteroatoms. The highest BCUT2D eigenvalue weighted by Gasteiger charge is 2.34. The Bertz CT molecular complexity index is 1870. The second kappa shape index (κ2) is 14.0. The molecule has 0 spiro atoms. The lowest BCUT2D eigenvalue weighted by Gasteiger charge is -2.22. The van der Waals surface area contributed by atoms with Crippen molar-refractivity contribution in [3.8, 4) is 17.2 Å². The third-order valence-corrected chi connectivity index (χ3v) is 9.38. The maximum atomic E-state index is 13.8. The van der Waals surface area contributed by atoms with Gasteiger partial charge in [0.25, 0.3) is 11.8 Å². The molecule has 0 saturated carbocycles. The molecule has 1 aliphatic heterocycles. The van der Waals surface area contributed by atoms with E-state index in [1.807, 2.05) is 48.7 Å². The van der Waals surface area contributed by atoms with Crippen LogP contribution in [0.1, 0.15) is 44.6 Å². The Hall–Kier alpha value is -4.94. The van der Waals surface area contributed by atoms with Crippen molar-refractivity contribution in [3.63, 3.8) is 0 Å². The van der Waals surface area contributed by atoms with E-state index in [9.17, 15) is 9.59 Å². The molecule has 2 aromatic heterocycles. The zero-order chi connectivity index (χ0) is 32.0. The quantitative estimate of drug-likeness (QED) is 0.173. The highest BCUT2D eigenvalue weighted by atomic mass is 32.2. The van der Waals surface area contributed by atoms with Crippen LogP contribution >= 0.6 is 23.1 Å². The highest BCUT2D eigenvalue weighted by molar-refractivity contribution is 7.99. The number of aromatic nitrogens is 3. The molecule has 1 N–H and O–H groups in total. The SMILES string of the molecule is COc1ccccc1C(=O)NCc1nnc(SCC(=O)N2N=C(c3cccs3)C[C@H]2c2ccc(C)cc2)n1-c1ccccc1OC. The standard InChI is InChI=1S/C34H32N6O4S2/c1-22-14-16-23(17-15-22)27-19-25(30-13-8-18-45-30)38-40(27)32(41)21-46-34-37-36-31(39(34)26-10-5-7-12-29(26)44-3)20-35-33(42)24-9-4-6-11-28(24)43-2/h4-18,27H,19-21H2,1-3H3,(H,35,42)/t27-/m0/s1. The van der Waals surface area contributed by atoms with E-state index in [-0.39, 0.29) is 30.2 Å². The number of nitrogens with zero attached hydrogens (tertiary/aromatic N) is 5. The summed E-state index contributed by atoms with van der Waals surface area (Å²) in [5.41, 5.74) is 4.17. The normalized spacial score (nSPS) is 14.2. The van der Waals surface area contributed by atoms with Crippen molar-refractivity contribution in [3.05, 3.63) is 118 Å². The van der Waals surface area contributed by atoms with Gasteiger partial charge in [0.15, 0.2) is 11.0 Å². The molecule has 0 radical (unpaired) electrons. The fourth-order valence-corrected chi connectivity index (χ4v) is 6.76. The minimum atomic E-state index is -0.313. The summed E-state index contributed by atoms with van der Waals surface area (Å²) < 4.78 is 12.8. The Morgan fingerprint density at radius 2 is 1.67 bits per heavy atom. The molecule has 3 aromatic carbocycles. The van der Waals surface area contributed by atoms with Crippen LogP contribution in [0.15, 0.2) is 101 Å². The van der Waals surface area contributed by atoms with Crippen molar-refractivity contribution in [1.82, 2.24) is 25.1 Å². The van der Waals surface area contributed by atoms with E-state index in [0.29, 0.717) is 40.2 Å². The van der Waals surface area contributed by atoms with Crippen LogP contribution in [0.25, 0.3) is 5.69 Å². The summed E-state index contributed by atoms with van der Waals surface area (Å²) in [5.74, 6) is 1.15. The van der Waals surface area contributed by atoms with E-state index in [1.165, 1.54) is 18.9 Å². The van der Waals surface area contributed by atoms with Crippen LogP contribution in [0.4, 0.5) is 0 Å². The van der Waals surface area contributed by atoms with Crippen molar-refractivity contribution in [1.29, 1.82) is 0 Å². The van der Waals surface area contributed by atoms with Crippen molar-refractivity contribution in [2.24, 2.45) is 5.10 Å². The predicted octanol–water partition coefficient (Wildman–Crippen LogP) is 6.05. The number of hydrogen-bond donors (Lipinski definition) is 1. The van der Waals surface area contributed by atoms with Gasteiger partial charge in [0, 0.05) is 6.42 Å². The fraction of sp³-hybridized carbons (Fsp3) is 0.206. The molecular weight excluding hydrogens is 621 g/mol. The average Bonchev–Trinajstić information content (AvgIpc) is 3.87. The van der Waals surface area contributed by atoms with Crippen LogP contribution in [-0.2, 0) is 11.3 Å². The summed E-state index contributed by atoms with van der Waals surface area (Å²) in [7, 11) is 3.11. The number of ether oxygens (including phenoxy) is 2. The molecule has 0 fully saturated rings. The molecule has 0 unspecified atom stereocenters. The Kier molecular flexibility index (Phi) is 9.46. The largest absolute Gasteiger partial charge is 0.496 e. The second-order valence-electron chi connectivity index (χ2n) is 10.5. The average molecular weight is 653 g/mol. The summed E-state index contributed by atoms with van der Waals surface area (Å²) in [5, 5.41) is 20.7. The third kappa shape index (κ3) is 6.53. The number of hydrogen-bond acceptors (Lipinski definition) is 9. The van der Waals surface area contributed by atoms with Gasteiger partial charge in [-0.05, 0) is 48.2 Å². The molecule has 5 aromatic rings. The zero-order valence-corrected chi connectivity index (χ0v) is 27.2. The van der Waals surface area contributed by atoms with Crippen LogP contribution < -0.4 is 14.8 Å². The lowest BCUT2D eigenvalue weighted by Crippen LogP contribution is -2.28. The lowest BCUT2D eigenvalue weighted by atomic mass is 10.00. The smallest absolute Gasteiger partial charge is 0.255 e. The second-order valence-corrected chi connectivity index (χ2v) is 12.4. The van der Waals surface area contributed by atoms with Crippen LogP contribution in [0.2, 0.25) is 0 Å². The molecule has 3 heterocycles. The molecule has 46 heavy (non-hydrogen) atoms. The highest BCUT2D eigenvalue weighted by Crippen LogP contribution is 2.35. The predicted molar refractivity (Wildman–Crippen MR) is 179 cm³/mol. The molecule has 0 bridgehead atoms. The molecular formula is C34H32N6O4S2. The summed E-state index contributed by atoms with van der Waals surface area (Å²) in [6.45, 7) is 2.12. The van der Waals surface area contributed by atoms with Gasteiger partial charge in [-0.25, -0.2) is 5.01 Å². The van der Waals surface area contributed by atoms with Crippen LogP contribution in [0.3, 0.4) is 0 Å². The van der Waals surface area contributed by atoms with Gasteiger partial charge in [-0.15, -0.1) is 21.5 Å². The molecule has 1 aliphatic rings. The van der Waals surface area contributed by atoms with Gasteiger partial charge in [0.1, 0.15) is 11.5 Å². The number of benzene rings is 3. The first-order chi connectivity index (χ1) is 22.5. The molecule has 2 amide bonds. The molecule has 0 aliphatic carbocycles. The number of nitrogens with one attached hydrogen (secondary N) is 1. The van der Waals surface area contributed by atoms with Gasteiger partial charge >= 0.3 is 0 Å². The van der Waals surface area contributed by atoms with E-state index < -0.39 is 0 Å². The van der Waals surface area contributed by atoms with E-state index in [4.69, 9.17) is 14.6 Å². The maximum Gasteiger partial charge on any atom is 0.255 e. The number of hydrazone groups is 1. The summed E-state index contributed by atoms with van der Waals surface area (Å²) in [6.07, 6.45) is 0.632. The number of amides is 2. The Morgan fingerprint density at radius 3 is 2.41 bits per heavy atom. The molecule has 1 atom stereocenters. The van der Waals surface area contributed by atoms with E-state index in [0.717, 1.165) is 21.7 Å². The van der Waals surface area contributed by atoms with E-state index in [2.05, 4.69) is 39.8 Å². The number of thiophene rings is 1. The van der Waals surface area contributed by atoms with Crippen LogP contribution in [-0.4, -0.2) is 57.3 Å².